The van der Waals surface area contributed by atoms with Gasteiger partial charge in [0.05, 0.1) is 28.3 Å². The largest absolute Gasteiger partial charge is 0.383 e. The smallest absolute Gasteiger partial charge is 0.141 e. The van der Waals surface area contributed by atoms with E-state index in [0.29, 0.717) is 10.7 Å². The summed E-state index contributed by atoms with van der Waals surface area (Å²) in [5, 5.41) is 15.5. The number of nitrogens with zero attached hydrogens (tertiary/aromatic N) is 3. The molecule has 1 unspecified atom stereocenters. The minimum atomic E-state index is -1.24. The second kappa shape index (κ2) is 5.50. The van der Waals surface area contributed by atoms with Crippen molar-refractivity contribution in [2.24, 2.45) is 7.05 Å². The van der Waals surface area contributed by atoms with Gasteiger partial charge in [-0.05, 0) is 25.5 Å². The molecule has 0 aliphatic heterocycles. The molecular weight excluding hydrogens is 281 g/mol. The molecule has 2 rings (SSSR count). The Bertz CT molecular complexity index is 608. The number of aliphatic hydroxyl groups is 1. The molecule has 6 heteroatoms. The summed E-state index contributed by atoms with van der Waals surface area (Å²) in [6, 6.07) is 2.75. The van der Waals surface area contributed by atoms with Crippen molar-refractivity contribution in [2.45, 2.75) is 32.3 Å². The highest BCUT2D eigenvalue weighted by molar-refractivity contribution is 6.31. The molecule has 2 heterocycles. The van der Waals surface area contributed by atoms with E-state index in [9.17, 15) is 9.50 Å². The molecule has 108 valence electrons. The zero-order valence-corrected chi connectivity index (χ0v) is 12.4. The van der Waals surface area contributed by atoms with E-state index in [4.69, 9.17) is 11.6 Å². The zero-order chi connectivity index (χ0) is 14.9. The number of halogens is 2. The van der Waals surface area contributed by atoms with E-state index in [1.54, 1.807) is 18.7 Å². The molecule has 20 heavy (non-hydrogen) atoms. The summed E-state index contributed by atoms with van der Waals surface area (Å²) < 4.78 is 14.6. The van der Waals surface area contributed by atoms with Crippen molar-refractivity contribution in [1.29, 1.82) is 0 Å². The maximum atomic E-state index is 12.9. The molecule has 0 aliphatic carbocycles. The van der Waals surface area contributed by atoms with Crippen molar-refractivity contribution in [3.8, 4) is 0 Å². The van der Waals surface area contributed by atoms with Crippen LogP contribution < -0.4 is 0 Å². The van der Waals surface area contributed by atoms with Gasteiger partial charge in [0.15, 0.2) is 0 Å². The van der Waals surface area contributed by atoms with Gasteiger partial charge in [-0.2, -0.15) is 5.10 Å². The lowest BCUT2D eigenvalue weighted by Gasteiger charge is -2.22. The average Bonchev–Trinajstić information content (AvgIpc) is 2.66. The zero-order valence-electron chi connectivity index (χ0n) is 11.7. The summed E-state index contributed by atoms with van der Waals surface area (Å²) in [5.41, 5.74) is 0.691. The Labute approximate surface area is 122 Å². The van der Waals surface area contributed by atoms with Crippen molar-refractivity contribution in [3.05, 3.63) is 46.3 Å². The predicted octanol–water partition coefficient (Wildman–Crippen LogP) is 2.62. The highest BCUT2D eigenvalue weighted by Crippen LogP contribution is 2.29. The van der Waals surface area contributed by atoms with Crippen LogP contribution in [0.5, 0.6) is 0 Å². The molecule has 0 spiro atoms. The van der Waals surface area contributed by atoms with Crippen molar-refractivity contribution >= 4 is 11.6 Å². The molecule has 2 aromatic rings. The predicted molar refractivity (Wildman–Crippen MR) is 75.1 cm³/mol. The second-order valence-electron chi connectivity index (χ2n) is 5.00. The van der Waals surface area contributed by atoms with Crippen molar-refractivity contribution in [1.82, 2.24) is 14.8 Å². The molecule has 0 saturated carbocycles. The van der Waals surface area contributed by atoms with Crippen LogP contribution in [0.25, 0.3) is 0 Å². The average molecular weight is 298 g/mol. The maximum absolute atomic E-state index is 12.9. The molecule has 1 N–H and O–H groups in total. The molecule has 0 radical (unpaired) electrons. The fourth-order valence-electron chi connectivity index (χ4n) is 2.12. The summed E-state index contributed by atoms with van der Waals surface area (Å²) in [5.74, 6) is -0.434. The van der Waals surface area contributed by atoms with Gasteiger partial charge in [-0.1, -0.05) is 18.5 Å². The maximum Gasteiger partial charge on any atom is 0.141 e. The lowest BCUT2D eigenvalue weighted by atomic mass is 9.95. The van der Waals surface area contributed by atoms with Gasteiger partial charge in [0.25, 0.3) is 0 Å². The summed E-state index contributed by atoms with van der Waals surface area (Å²) in [7, 11) is 1.79. The molecule has 4 nitrogen and oxygen atoms in total. The standard InChI is InChI=1S/C14H17ClFN3O/c1-4-10-13(15)11(19(3)18-10)7-14(2,20)12-6-5-9(16)8-17-12/h5-6,8,20H,4,7H2,1-3H3. The molecule has 0 fully saturated rings. The van der Waals surface area contributed by atoms with Crippen LogP contribution in [-0.2, 0) is 25.5 Å². The van der Waals surface area contributed by atoms with Gasteiger partial charge in [-0.3, -0.25) is 9.67 Å². The monoisotopic (exact) mass is 297 g/mol. The van der Waals surface area contributed by atoms with E-state index < -0.39 is 11.4 Å². The molecule has 0 amide bonds. The second-order valence-corrected chi connectivity index (χ2v) is 5.37. The van der Waals surface area contributed by atoms with Crippen molar-refractivity contribution < 1.29 is 9.50 Å². The number of aromatic nitrogens is 3. The van der Waals surface area contributed by atoms with Crippen LogP contribution in [0, 0.1) is 5.82 Å². The Kier molecular flexibility index (Phi) is 4.11. The molecule has 0 bridgehead atoms. The van der Waals surface area contributed by atoms with E-state index in [2.05, 4.69) is 10.1 Å². The Morgan fingerprint density at radius 3 is 2.65 bits per heavy atom. The SMILES string of the molecule is CCc1nn(C)c(CC(C)(O)c2ccc(F)cn2)c1Cl. The normalized spacial score (nSPS) is 14.3. The molecular formula is C14H17ClFN3O. The summed E-state index contributed by atoms with van der Waals surface area (Å²) in [6.45, 7) is 3.60. The van der Waals surface area contributed by atoms with Gasteiger partial charge in [-0.15, -0.1) is 0 Å². The van der Waals surface area contributed by atoms with Gasteiger partial charge < -0.3 is 5.11 Å². The van der Waals surface area contributed by atoms with E-state index in [-0.39, 0.29) is 6.42 Å². The molecule has 0 aromatic carbocycles. The first kappa shape index (κ1) is 14.9. The fraction of sp³-hybridized carbons (Fsp3) is 0.429. The lowest BCUT2D eigenvalue weighted by molar-refractivity contribution is 0.0509. The van der Waals surface area contributed by atoms with Gasteiger partial charge in [-0.25, -0.2) is 4.39 Å². The first-order valence-corrected chi connectivity index (χ1v) is 6.77. The Balaban J connectivity index is 2.32. The third-order valence-electron chi connectivity index (χ3n) is 3.29. The van der Waals surface area contributed by atoms with Crippen LogP contribution in [0.1, 0.15) is 30.9 Å². The first-order valence-electron chi connectivity index (χ1n) is 6.39. The minimum Gasteiger partial charge on any atom is -0.383 e. The Hall–Kier alpha value is -1.46. The summed E-state index contributed by atoms with van der Waals surface area (Å²) in [6.07, 6.45) is 2.07. The lowest BCUT2D eigenvalue weighted by Crippen LogP contribution is -2.27. The number of hydrogen-bond acceptors (Lipinski definition) is 3. The van der Waals surface area contributed by atoms with Crippen LogP contribution in [0.15, 0.2) is 18.3 Å². The summed E-state index contributed by atoms with van der Waals surface area (Å²) >= 11 is 6.27. The quantitative estimate of drug-likeness (QED) is 0.944. The van der Waals surface area contributed by atoms with Crippen molar-refractivity contribution in [3.63, 3.8) is 0 Å². The highest BCUT2D eigenvalue weighted by atomic mass is 35.5. The van der Waals surface area contributed by atoms with Crippen LogP contribution in [0.2, 0.25) is 5.02 Å². The molecule has 2 aromatic heterocycles. The third-order valence-corrected chi connectivity index (χ3v) is 3.73. The number of aryl methyl sites for hydroxylation is 2. The molecule has 0 aliphatic rings. The Morgan fingerprint density at radius 2 is 2.15 bits per heavy atom. The van der Waals surface area contributed by atoms with Crippen LogP contribution in [0.4, 0.5) is 4.39 Å². The molecule has 0 saturated heterocycles. The van der Waals surface area contributed by atoms with Crippen LogP contribution in [-0.4, -0.2) is 19.9 Å². The van der Waals surface area contributed by atoms with Gasteiger partial charge >= 0.3 is 0 Å². The van der Waals surface area contributed by atoms with E-state index in [0.717, 1.165) is 24.0 Å². The van der Waals surface area contributed by atoms with E-state index >= 15 is 0 Å². The number of pyridine rings is 1. The van der Waals surface area contributed by atoms with Crippen LogP contribution >= 0.6 is 11.6 Å². The van der Waals surface area contributed by atoms with Gasteiger partial charge in [0.1, 0.15) is 11.4 Å². The van der Waals surface area contributed by atoms with E-state index in [1.165, 1.54) is 12.1 Å². The van der Waals surface area contributed by atoms with E-state index in [1.807, 2.05) is 6.92 Å². The third kappa shape index (κ3) is 2.83. The topological polar surface area (TPSA) is 50.9 Å². The van der Waals surface area contributed by atoms with Crippen molar-refractivity contribution in [2.75, 3.05) is 0 Å². The van der Waals surface area contributed by atoms with Gasteiger partial charge in [0.2, 0.25) is 0 Å². The first-order chi connectivity index (χ1) is 9.35. The summed E-state index contributed by atoms with van der Waals surface area (Å²) in [4.78, 5) is 3.93. The molecule has 1 atom stereocenters. The highest BCUT2D eigenvalue weighted by Gasteiger charge is 2.29. The Morgan fingerprint density at radius 1 is 1.45 bits per heavy atom. The number of rotatable bonds is 4. The van der Waals surface area contributed by atoms with Gasteiger partial charge in [0, 0.05) is 13.5 Å². The fourth-order valence-corrected chi connectivity index (χ4v) is 2.48. The number of hydrogen-bond donors (Lipinski definition) is 1. The van der Waals surface area contributed by atoms with Crippen LogP contribution in [0.3, 0.4) is 0 Å². The minimum absolute atomic E-state index is 0.258.